The van der Waals surface area contributed by atoms with Gasteiger partial charge < -0.3 is 14.2 Å². The molecule has 0 aliphatic rings. The first kappa shape index (κ1) is 73.3. The van der Waals surface area contributed by atoms with Gasteiger partial charge in [-0.25, -0.2) is 0 Å². The minimum absolute atomic E-state index is 0.114. The minimum atomic E-state index is -0.827. The Labute approximate surface area is 477 Å². The number of rotatable bonds is 59. The SMILES string of the molecule is CC/C=C\C/C=C\C/C=C\C/C=C\CCC(=O)OC(COC(=O)CCCCC/C=C\C/C=C\C/C=C\CC)COC(=O)CCCCCCCCCCCCCCCCCCCCCCC/C=C\CCCCCCCCCC. The van der Waals surface area contributed by atoms with Crippen molar-refractivity contribution in [2.45, 2.75) is 322 Å². The van der Waals surface area contributed by atoms with Crippen molar-refractivity contribution in [2.24, 2.45) is 0 Å². The quantitative estimate of drug-likeness (QED) is 0.0261. The van der Waals surface area contributed by atoms with Gasteiger partial charge in [-0.15, -0.1) is 0 Å². The molecule has 0 heterocycles. The molecule has 0 saturated heterocycles. The maximum Gasteiger partial charge on any atom is 0.306 e. The summed E-state index contributed by atoms with van der Waals surface area (Å²) in [5.41, 5.74) is 0. The molecule has 0 spiro atoms. The van der Waals surface area contributed by atoms with Crippen LogP contribution in [0.25, 0.3) is 0 Å². The lowest BCUT2D eigenvalue weighted by Gasteiger charge is -2.18. The van der Waals surface area contributed by atoms with Crippen LogP contribution >= 0.6 is 0 Å². The molecule has 1 unspecified atom stereocenters. The van der Waals surface area contributed by atoms with Gasteiger partial charge in [0.2, 0.25) is 0 Å². The number of hydrogen-bond acceptors (Lipinski definition) is 6. The first-order valence-corrected chi connectivity index (χ1v) is 32.7. The Balaban J connectivity index is 4.13. The van der Waals surface area contributed by atoms with Gasteiger partial charge in [-0.2, -0.15) is 0 Å². The van der Waals surface area contributed by atoms with Crippen molar-refractivity contribution < 1.29 is 28.6 Å². The van der Waals surface area contributed by atoms with Gasteiger partial charge in [0.15, 0.2) is 6.10 Å². The Morgan fingerprint density at radius 1 is 0.273 bits per heavy atom. The predicted octanol–water partition coefficient (Wildman–Crippen LogP) is 22.4. The Hall–Kier alpha value is -3.67. The second kappa shape index (κ2) is 64.9. The van der Waals surface area contributed by atoms with Crippen molar-refractivity contribution in [1.82, 2.24) is 0 Å². The zero-order valence-corrected chi connectivity index (χ0v) is 50.7. The molecule has 0 aliphatic carbocycles. The second-order valence-electron chi connectivity index (χ2n) is 21.6. The Morgan fingerprint density at radius 3 is 0.870 bits per heavy atom. The van der Waals surface area contributed by atoms with E-state index < -0.39 is 12.1 Å². The molecule has 6 nitrogen and oxygen atoms in total. The lowest BCUT2D eigenvalue weighted by Crippen LogP contribution is -2.30. The summed E-state index contributed by atoms with van der Waals surface area (Å²) in [6, 6.07) is 0. The van der Waals surface area contributed by atoms with Crippen LogP contribution in [0.5, 0.6) is 0 Å². The van der Waals surface area contributed by atoms with Crippen molar-refractivity contribution >= 4 is 17.9 Å². The first-order valence-electron chi connectivity index (χ1n) is 32.7. The summed E-state index contributed by atoms with van der Waals surface area (Å²) in [5.74, 6) is -1.02. The molecule has 0 N–H and O–H groups in total. The van der Waals surface area contributed by atoms with E-state index in [2.05, 4.69) is 106 Å². The van der Waals surface area contributed by atoms with Crippen LogP contribution in [0.3, 0.4) is 0 Å². The monoisotopic (exact) mass is 1070 g/mol. The Bertz CT molecular complexity index is 1510. The number of ether oxygens (including phenoxy) is 3. The third-order valence-electron chi connectivity index (χ3n) is 14.1. The third-order valence-corrected chi connectivity index (χ3v) is 14.1. The van der Waals surface area contributed by atoms with Gasteiger partial charge in [-0.3, -0.25) is 14.4 Å². The minimum Gasteiger partial charge on any atom is -0.462 e. The van der Waals surface area contributed by atoms with Crippen LogP contribution in [0.15, 0.2) is 97.2 Å². The van der Waals surface area contributed by atoms with Gasteiger partial charge in [0.25, 0.3) is 0 Å². The summed E-state index contributed by atoms with van der Waals surface area (Å²) in [5, 5.41) is 0. The highest BCUT2D eigenvalue weighted by atomic mass is 16.6. The number of esters is 3. The van der Waals surface area contributed by atoms with E-state index in [-0.39, 0.29) is 31.6 Å². The van der Waals surface area contributed by atoms with Gasteiger partial charge in [-0.1, -0.05) is 291 Å². The molecule has 0 radical (unpaired) electrons. The van der Waals surface area contributed by atoms with E-state index in [1.165, 1.54) is 180 Å². The molecule has 0 rings (SSSR count). The van der Waals surface area contributed by atoms with E-state index in [1.54, 1.807) is 0 Å². The van der Waals surface area contributed by atoms with E-state index in [0.717, 1.165) is 89.9 Å². The number of carbonyl (C=O) groups excluding carboxylic acids is 3. The molecule has 0 aromatic heterocycles. The Kier molecular flexibility index (Phi) is 61.8. The summed E-state index contributed by atoms with van der Waals surface area (Å²) >= 11 is 0. The number of hydrogen-bond donors (Lipinski definition) is 0. The second-order valence-corrected chi connectivity index (χ2v) is 21.6. The first-order chi connectivity index (χ1) is 38.0. The molecular weight excluding hydrogens is 949 g/mol. The topological polar surface area (TPSA) is 78.9 Å². The van der Waals surface area contributed by atoms with Crippen LogP contribution < -0.4 is 0 Å². The molecular formula is C71H122O6. The van der Waals surface area contributed by atoms with Gasteiger partial charge >= 0.3 is 17.9 Å². The molecule has 0 saturated carbocycles. The highest BCUT2D eigenvalue weighted by Gasteiger charge is 2.19. The molecule has 0 aliphatic heterocycles. The summed E-state index contributed by atoms with van der Waals surface area (Å²) in [6.45, 7) is 6.34. The molecule has 0 aromatic rings. The molecule has 0 fully saturated rings. The van der Waals surface area contributed by atoms with Gasteiger partial charge in [0.05, 0.1) is 0 Å². The number of unbranched alkanes of at least 4 members (excludes halogenated alkanes) is 32. The lowest BCUT2D eigenvalue weighted by molar-refractivity contribution is -0.166. The van der Waals surface area contributed by atoms with Gasteiger partial charge in [0, 0.05) is 19.3 Å². The summed E-state index contributed by atoms with van der Waals surface area (Å²) in [6.07, 6.45) is 87.6. The van der Waals surface area contributed by atoms with E-state index in [9.17, 15) is 14.4 Å². The highest BCUT2D eigenvalue weighted by molar-refractivity contribution is 5.71. The van der Waals surface area contributed by atoms with Crippen molar-refractivity contribution in [3.8, 4) is 0 Å². The van der Waals surface area contributed by atoms with Crippen molar-refractivity contribution in [3.63, 3.8) is 0 Å². The fraction of sp³-hybridized carbons (Fsp3) is 0.732. The van der Waals surface area contributed by atoms with Crippen LogP contribution in [0.1, 0.15) is 316 Å². The van der Waals surface area contributed by atoms with Crippen LogP contribution in [0, 0.1) is 0 Å². The average Bonchev–Trinajstić information content (AvgIpc) is 3.43. The van der Waals surface area contributed by atoms with Crippen molar-refractivity contribution in [3.05, 3.63) is 97.2 Å². The average molecular weight is 1070 g/mol. The van der Waals surface area contributed by atoms with Crippen molar-refractivity contribution in [1.29, 1.82) is 0 Å². The fourth-order valence-corrected chi connectivity index (χ4v) is 9.23. The summed E-state index contributed by atoms with van der Waals surface area (Å²) in [7, 11) is 0. The van der Waals surface area contributed by atoms with E-state index >= 15 is 0 Å². The number of carbonyl (C=O) groups is 3. The fourth-order valence-electron chi connectivity index (χ4n) is 9.23. The molecule has 0 aromatic carbocycles. The molecule has 6 heteroatoms. The van der Waals surface area contributed by atoms with Crippen LogP contribution in [-0.4, -0.2) is 37.2 Å². The van der Waals surface area contributed by atoms with Crippen molar-refractivity contribution in [2.75, 3.05) is 13.2 Å². The summed E-state index contributed by atoms with van der Waals surface area (Å²) in [4.78, 5) is 38.1. The smallest absolute Gasteiger partial charge is 0.306 e. The zero-order chi connectivity index (χ0) is 55.7. The molecule has 0 amide bonds. The van der Waals surface area contributed by atoms with Crippen LogP contribution in [-0.2, 0) is 28.6 Å². The normalized spacial score (nSPS) is 12.7. The maximum absolute atomic E-state index is 12.8. The summed E-state index contributed by atoms with van der Waals surface area (Å²) < 4.78 is 16.8. The zero-order valence-electron chi connectivity index (χ0n) is 50.7. The molecule has 77 heavy (non-hydrogen) atoms. The lowest BCUT2D eigenvalue weighted by atomic mass is 10.0. The van der Waals surface area contributed by atoms with E-state index in [1.807, 2.05) is 12.2 Å². The third kappa shape index (κ3) is 63.0. The maximum atomic E-state index is 12.8. The number of allylic oxidation sites excluding steroid dienone is 16. The largest absolute Gasteiger partial charge is 0.462 e. The van der Waals surface area contributed by atoms with Gasteiger partial charge in [0.1, 0.15) is 13.2 Å². The van der Waals surface area contributed by atoms with Crippen LogP contribution in [0.4, 0.5) is 0 Å². The van der Waals surface area contributed by atoms with Crippen LogP contribution in [0.2, 0.25) is 0 Å². The van der Waals surface area contributed by atoms with E-state index in [4.69, 9.17) is 14.2 Å². The van der Waals surface area contributed by atoms with E-state index in [0.29, 0.717) is 19.3 Å². The molecule has 1 atom stereocenters. The standard InChI is InChI=1S/C71H122O6/c1-4-7-10-13-16-19-22-25-26-27-28-29-30-31-32-33-34-35-36-37-38-39-40-41-42-43-44-47-49-52-55-58-61-64-70(73)76-67-68(77-71(74)65-62-59-56-53-50-46-24-21-18-15-12-9-6-3)66-75-69(72)63-60-57-54-51-48-45-23-20-17-14-11-8-5-2/h8-9,11-12,17-18,20-21,27-28,45-46,48,50,56,59,68H,4-7,10,13-16,19,22-26,29-44,47,49,51-55,57-58,60-67H2,1-3H3/b11-8-,12-9-,20-17-,21-18-,28-27-,48-45-,50-46-,59-56-. The molecule has 442 valence electrons. The predicted molar refractivity (Wildman–Crippen MR) is 334 cm³/mol. The Morgan fingerprint density at radius 2 is 0.532 bits per heavy atom. The highest BCUT2D eigenvalue weighted by Crippen LogP contribution is 2.17. The van der Waals surface area contributed by atoms with Gasteiger partial charge in [-0.05, 0) is 103 Å². The molecule has 0 bridgehead atoms.